The van der Waals surface area contributed by atoms with Gasteiger partial charge in [-0.25, -0.2) is 4.39 Å². The number of rotatable bonds is 8. The highest BCUT2D eigenvalue weighted by molar-refractivity contribution is 7.99. The van der Waals surface area contributed by atoms with E-state index in [2.05, 4.69) is 4.99 Å². The fraction of sp³-hybridized carbons (Fsp3) is 0.286. The summed E-state index contributed by atoms with van der Waals surface area (Å²) >= 11 is 2.81. The average Bonchev–Trinajstić information content (AvgIpc) is 3.09. The van der Waals surface area contributed by atoms with E-state index < -0.39 is 11.8 Å². The fourth-order valence-corrected chi connectivity index (χ4v) is 4.67. The Kier molecular flexibility index (Phi) is 7.64. The van der Waals surface area contributed by atoms with Gasteiger partial charge in [0.1, 0.15) is 18.1 Å². The number of fused-ring (bicyclic) bond motifs is 1. The lowest BCUT2D eigenvalue weighted by molar-refractivity contribution is -0.141. The van der Waals surface area contributed by atoms with Crippen LogP contribution in [-0.4, -0.2) is 36.4 Å². The molecule has 3 aromatic rings. The van der Waals surface area contributed by atoms with Crippen LogP contribution in [0.5, 0.6) is 5.75 Å². The molecule has 1 heterocycles. The number of nitrogens with zero attached hydrogens (tertiary/aromatic N) is 2. The molecule has 2 aromatic carbocycles. The third-order valence-corrected chi connectivity index (χ3v) is 6.39. The van der Waals surface area contributed by atoms with Crippen molar-refractivity contribution in [3.05, 3.63) is 53.1 Å². The van der Waals surface area contributed by atoms with E-state index in [1.165, 1.54) is 29.1 Å². The molecule has 0 radical (unpaired) electrons. The van der Waals surface area contributed by atoms with Crippen molar-refractivity contribution in [1.82, 2.24) is 4.57 Å². The molecular formula is C21H21FN2O4S2. The zero-order valence-corrected chi connectivity index (χ0v) is 18.2. The van der Waals surface area contributed by atoms with Gasteiger partial charge in [-0.3, -0.25) is 9.59 Å². The molecule has 6 nitrogen and oxygen atoms in total. The highest BCUT2D eigenvalue weighted by Crippen LogP contribution is 2.23. The first-order valence-electron chi connectivity index (χ1n) is 9.21. The van der Waals surface area contributed by atoms with Gasteiger partial charge in [0.05, 0.1) is 24.4 Å². The molecule has 0 aliphatic heterocycles. The van der Waals surface area contributed by atoms with E-state index in [1.54, 1.807) is 31.0 Å². The van der Waals surface area contributed by atoms with Gasteiger partial charge in [-0.05, 0) is 48.6 Å². The minimum Gasteiger partial charge on any atom is -0.497 e. The maximum atomic E-state index is 14.3. The minimum atomic E-state index is -0.539. The lowest BCUT2D eigenvalue weighted by Gasteiger charge is -2.04. The molecule has 0 saturated heterocycles. The number of methoxy groups -OCH3 is 2. The Morgan fingerprint density at radius 3 is 2.63 bits per heavy atom. The van der Waals surface area contributed by atoms with E-state index in [-0.39, 0.29) is 29.2 Å². The Hall–Kier alpha value is -2.65. The van der Waals surface area contributed by atoms with Crippen LogP contribution in [0.25, 0.3) is 10.2 Å². The van der Waals surface area contributed by atoms with Gasteiger partial charge in [0.2, 0.25) is 5.91 Å². The standard InChI is InChI=1S/C21H21FN2O4S2/c1-27-14-8-10-15(11-9-14)29-12-4-7-18(25)23-21-24(13-19(26)28-2)20-16(22)5-3-6-17(20)30-21/h3,5-6,8-11H,4,7,12-13H2,1-2H3. The second-order valence-corrected chi connectivity index (χ2v) is 8.44. The predicted molar refractivity (Wildman–Crippen MR) is 115 cm³/mol. The summed E-state index contributed by atoms with van der Waals surface area (Å²) in [6, 6.07) is 12.3. The van der Waals surface area contributed by atoms with Crippen LogP contribution in [0.1, 0.15) is 12.8 Å². The third kappa shape index (κ3) is 5.48. The van der Waals surface area contributed by atoms with Crippen LogP contribution in [0.3, 0.4) is 0 Å². The molecule has 158 valence electrons. The van der Waals surface area contributed by atoms with E-state index in [0.717, 1.165) is 16.4 Å². The Labute approximate surface area is 181 Å². The molecule has 0 bridgehead atoms. The van der Waals surface area contributed by atoms with Gasteiger partial charge >= 0.3 is 5.97 Å². The Bertz CT molecular complexity index is 1110. The normalized spacial score (nSPS) is 11.6. The minimum absolute atomic E-state index is 0.211. The molecule has 3 rings (SSSR count). The summed E-state index contributed by atoms with van der Waals surface area (Å²) in [6.07, 6.45) is 0.910. The number of carbonyl (C=O) groups is 2. The SMILES string of the molecule is COC(=O)Cn1c(=NC(=O)CCCSc2ccc(OC)cc2)sc2cccc(F)c21. The van der Waals surface area contributed by atoms with E-state index in [4.69, 9.17) is 9.47 Å². The lowest BCUT2D eigenvalue weighted by Crippen LogP contribution is -2.22. The quantitative estimate of drug-likeness (QED) is 0.296. The maximum Gasteiger partial charge on any atom is 0.325 e. The fourth-order valence-electron chi connectivity index (χ4n) is 2.76. The van der Waals surface area contributed by atoms with Crippen molar-refractivity contribution in [2.24, 2.45) is 4.99 Å². The zero-order valence-electron chi connectivity index (χ0n) is 16.6. The van der Waals surface area contributed by atoms with Gasteiger partial charge in [0.25, 0.3) is 0 Å². The Morgan fingerprint density at radius 1 is 1.17 bits per heavy atom. The molecule has 0 aliphatic carbocycles. The van der Waals surface area contributed by atoms with Crippen molar-refractivity contribution in [3.63, 3.8) is 0 Å². The Balaban J connectivity index is 1.69. The Morgan fingerprint density at radius 2 is 1.93 bits per heavy atom. The summed E-state index contributed by atoms with van der Waals surface area (Å²) in [5.74, 6) is 0.237. The van der Waals surface area contributed by atoms with Crippen LogP contribution in [0.15, 0.2) is 52.4 Å². The van der Waals surface area contributed by atoms with Crippen LogP contribution < -0.4 is 9.54 Å². The number of amides is 1. The molecule has 1 amide bonds. The van der Waals surface area contributed by atoms with E-state index in [9.17, 15) is 14.0 Å². The topological polar surface area (TPSA) is 69.9 Å². The van der Waals surface area contributed by atoms with Crippen molar-refractivity contribution >= 4 is 45.2 Å². The third-order valence-electron chi connectivity index (χ3n) is 4.25. The molecule has 0 atom stereocenters. The summed E-state index contributed by atoms with van der Waals surface area (Å²) < 4.78 is 26.1. The molecule has 9 heteroatoms. The first-order chi connectivity index (χ1) is 14.5. The highest BCUT2D eigenvalue weighted by Gasteiger charge is 2.14. The average molecular weight is 449 g/mol. The summed E-state index contributed by atoms with van der Waals surface area (Å²) in [6.45, 7) is -0.211. The summed E-state index contributed by atoms with van der Waals surface area (Å²) in [5, 5.41) is 0. The molecule has 0 unspecified atom stereocenters. The summed E-state index contributed by atoms with van der Waals surface area (Å²) in [5.41, 5.74) is 0.245. The van der Waals surface area contributed by atoms with Crippen LogP contribution in [0, 0.1) is 5.82 Å². The van der Waals surface area contributed by atoms with Gasteiger partial charge < -0.3 is 14.0 Å². The number of thioether (sulfide) groups is 1. The van der Waals surface area contributed by atoms with Gasteiger partial charge in [-0.2, -0.15) is 4.99 Å². The summed E-state index contributed by atoms with van der Waals surface area (Å²) in [7, 11) is 2.88. The molecule has 1 aromatic heterocycles. The number of halogens is 1. The zero-order chi connectivity index (χ0) is 21.5. The number of hydrogen-bond donors (Lipinski definition) is 0. The van der Waals surface area contributed by atoms with Crippen LogP contribution in [0.4, 0.5) is 4.39 Å². The number of esters is 1. The van der Waals surface area contributed by atoms with Crippen LogP contribution >= 0.6 is 23.1 Å². The van der Waals surface area contributed by atoms with Crippen molar-refractivity contribution in [2.45, 2.75) is 24.3 Å². The molecule has 0 spiro atoms. The maximum absolute atomic E-state index is 14.3. The van der Waals surface area contributed by atoms with Gasteiger partial charge in [-0.15, -0.1) is 11.8 Å². The molecule has 0 aliphatic rings. The lowest BCUT2D eigenvalue weighted by atomic mass is 10.3. The van der Waals surface area contributed by atoms with Crippen molar-refractivity contribution in [2.75, 3.05) is 20.0 Å². The predicted octanol–water partition coefficient (Wildman–Crippen LogP) is 4.02. The number of benzene rings is 2. The van der Waals surface area contributed by atoms with Crippen LogP contribution in [0.2, 0.25) is 0 Å². The first kappa shape index (κ1) is 22.0. The number of thiazole rings is 1. The van der Waals surface area contributed by atoms with Crippen LogP contribution in [-0.2, 0) is 20.9 Å². The second-order valence-electron chi connectivity index (χ2n) is 6.27. The number of para-hydroxylation sites is 1. The van der Waals surface area contributed by atoms with E-state index in [0.29, 0.717) is 11.1 Å². The number of hydrogen-bond acceptors (Lipinski definition) is 6. The van der Waals surface area contributed by atoms with E-state index >= 15 is 0 Å². The monoisotopic (exact) mass is 448 g/mol. The molecule has 0 N–H and O–H groups in total. The van der Waals surface area contributed by atoms with Crippen molar-refractivity contribution < 1.29 is 23.5 Å². The summed E-state index contributed by atoms with van der Waals surface area (Å²) in [4.78, 5) is 29.6. The largest absolute Gasteiger partial charge is 0.497 e. The molecular weight excluding hydrogens is 427 g/mol. The number of carbonyl (C=O) groups excluding carboxylic acids is 2. The number of aromatic nitrogens is 1. The van der Waals surface area contributed by atoms with Crippen molar-refractivity contribution in [1.29, 1.82) is 0 Å². The smallest absolute Gasteiger partial charge is 0.325 e. The second kappa shape index (κ2) is 10.4. The molecule has 0 fully saturated rings. The van der Waals surface area contributed by atoms with Crippen molar-refractivity contribution in [3.8, 4) is 5.75 Å². The molecule has 30 heavy (non-hydrogen) atoms. The van der Waals surface area contributed by atoms with Gasteiger partial charge in [-0.1, -0.05) is 17.4 Å². The van der Waals surface area contributed by atoms with Gasteiger partial charge in [0.15, 0.2) is 4.80 Å². The highest BCUT2D eigenvalue weighted by atomic mass is 32.2. The van der Waals surface area contributed by atoms with Gasteiger partial charge in [0, 0.05) is 11.3 Å². The first-order valence-corrected chi connectivity index (χ1v) is 11.0. The van der Waals surface area contributed by atoms with E-state index in [1.807, 2.05) is 24.3 Å². The number of ether oxygens (including phenoxy) is 2. The molecule has 0 saturated carbocycles.